The molecule has 2 rings (SSSR count). The fourth-order valence-corrected chi connectivity index (χ4v) is 1.40. The maximum atomic E-state index is 11.9. The van der Waals surface area contributed by atoms with Gasteiger partial charge >= 0.3 is 0 Å². The smallest absolute Gasteiger partial charge is 0.261 e. The largest absolute Gasteiger partial charge is 0.289 e. The maximum Gasteiger partial charge on any atom is 0.261 e. The molecule has 7 heteroatoms. The molecule has 0 saturated heterocycles. The van der Waals surface area contributed by atoms with Gasteiger partial charge in [-0.15, -0.1) is 5.10 Å². The second kappa shape index (κ2) is 4.36. The highest BCUT2D eigenvalue weighted by molar-refractivity contribution is 6.03. The summed E-state index contributed by atoms with van der Waals surface area (Å²) in [5, 5.41) is 13.3. The van der Waals surface area contributed by atoms with Crippen LogP contribution in [0.25, 0.3) is 0 Å². The van der Waals surface area contributed by atoms with Crippen molar-refractivity contribution in [1.82, 2.24) is 25.0 Å². The predicted molar refractivity (Wildman–Crippen MR) is 61.7 cm³/mol. The van der Waals surface area contributed by atoms with E-state index < -0.39 is 0 Å². The van der Waals surface area contributed by atoms with E-state index in [0.717, 1.165) is 17.9 Å². The van der Waals surface area contributed by atoms with Crippen molar-refractivity contribution in [2.45, 2.75) is 20.3 Å². The second-order valence-corrected chi connectivity index (χ2v) is 3.68. The molecule has 1 amide bonds. The number of nitrogens with one attached hydrogen (secondary N) is 2. The monoisotopic (exact) mass is 234 g/mol. The van der Waals surface area contributed by atoms with Crippen molar-refractivity contribution in [2.75, 3.05) is 5.32 Å². The summed E-state index contributed by atoms with van der Waals surface area (Å²) in [6.07, 6.45) is 2.27. The fourth-order valence-electron chi connectivity index (χ4n) is 1.40. The van der Waals surface area contributed by atoms with Gasteiger partial charge in [0.25, 0.3) is 5.91 Å². The van der Waals surface area contributed by atoms with E-state index in [1.807, 2.05) is 13.8 Å². The van der Waals surface area contributed by atoms with Crippen LogP contribution < -0.4 is 5.32 Å². The summed E-state index contributed by atoms with van der Waals surface area (Å²) in [7, 11) is 1.79. The Morgan fingerprint density at radius 2 is 2.35 bits per heavy atom. The molecule has 0 radical (unpaired) electrons. The number of hydrogen-bond donors (Lipinski definition) is 2. The lowest BCUT2D eigenvalue weighted by molar-refractivity contribution is 0.102. The Morgan fingerprint density at radius 1 is 1.59 bits per heavy atom. The van der Waals surface area contributed by atoms with Gasteiger partial charge in [0.05, 0.1) is 11.8 Å². The van der Waals surface area contributed by atoms with Gasteiger partial charge < -0.3 is 0 Å². The van der Waals surface area contributed by atoms with Crippen molar-refractivity contribution < 1.29 is 4.79 Å². The fraction of sp³-hybridized carbons (Fsp3) is 0.400. The van der Waals surface area contributed by atoms with Crippen molar-refractivity contribution in [3.8, 4) is 0 Å². The van der Waals surface area contributed by atoms with E-state index in [1.54, 1.807) is 11.7 Å². The molecule has 0 bridgehead atoms. The van der Waals surface area contributed by atoms with Gasteiger partial charge in [0, 0.05) is 19.2 Å². The van der Waals surface area contributed by atoms with Crippen molar-refractivity contribution in [1.29, 1.82) is 0 Å². The molecule has 2 N–H and O–H groups in total. The third-order valence-electron chi connectivity index (χ3n) is 2.57. The van der Waals surface area contributed by atoms with Gasteiger partial charge in [0.2, 0.25) is 5.95 Å². The van der Waals surface area contributed by atoms with Crippen LogP contribution in [0.4, 0.5) is 5.95 Å². The summed E-state index contributed by atoms with van der Waals surface area (Å²) in [6, 6.07) is 0. The topological polar surface area (TPSA) is 88.5 Å². The number of H-pyrrole nitrogens is 1. The maximum absolute atomic E-state index is 11.9. The molecule has 0 aliphatic heterocycles. The highest BCUT2D eigenvalue weighted by Gasteiger charge is 2.14. The van der Waals surface area contributed by atoms with E-state index >= 15 is 0 Å². The van der Waals surface area contributed by atoms with E-state index in [2.05, 4.69) is 25.6 Å². The zero-order valence-corrected chi connectivity index (χ0v) is 9.98. The number of carbonyl (C=O) groups is 1. The highest BCUT2D eigenvalue weighted by Crippen LogP contribution is 2.08. The van der Waals surface area contributed by atoms with Gasteiger partial charge in [-0.1, -0.05) is 6.92 Å². The normalized spacial score (nSPS) is 10.5. The van der Waals surface area contributed by atoms with Gasteiger partial charge in [-0.25, -0.2) is 0 Å². The molecule has 0 aliphatic carbocycles. The lowest BCUT2D eigenvalue weighted by Gasteiger charge is -1.99. The Bertz CT molecular complexity index is 541. The summed E-state index contributed by atoms with van der Waals surface area (Å²) >= 11 is 0. The minimum atomic E-state index is -0.253. The quantitative estimate of drug-likeness (QED) is 0.816. The Hall–Kier alpha value is -2.18. The summed E-state index contributed by atoms with van der Waals surface area (Å²) in [6.45, 7) is 3.79. The molecule has 0 aliphatic rings. The molecule has 2 heterocycles. The van der Waals surface area contributed by atoms with Crippen LogP contribution in [0, 0.1) is 6.92 Å². The lowest BCUT2D eigenvalue weighted by atomic mass is 10.2. The summed E-state index contributed by atoms with van der Waals surface area (Å²) in [4.78, 5) is 16.0. The number of aryl methyl sites for hydroxylation is 2. The number of hydrogen-bond acceptors (Lipinski definition) is 4. The van der Waals surface area contributed by atoms with Crippen LogP contribution in [0.3, 0.4) is 0 Å². The molecule has 2 aromatic heterocycles. The Balaban J connectivity index is 2.14. The molecule has 17 heavy (non-hydrogen) atoms. The van der Waals surface area contributed by atoms with Crippen molar-refractivity contribution in [3.63, 3.8) is 0 Å². The standard InChI is InChI=1S/C10H14N6O/c1-4-8-12-10(15-14-8)13-9(17)7-5-11-16(3)6(7)2/h5H,4H2,1-3H3,(H2,12,13,14,15,17). The average molecular weight is 234 g/mol. The minimum Gasteiger partial charge on any atom is -0.289 e. The number of aromatic nitrogens is 5. The Morgan fingerprint density at radius 3 is 2.88 bits per heavy atom. The van der Waals surface area contributed by atoms with E-state index in [1.165, 1.54) is 6.20 Å². The summed E-state index contributed by atoms with van der Waals surface area (Å²) in [5.74, 6) is 0.774. The molecule has 0 atom stereocenters. The zero-order chi connectivity index (χ0) is 12.4. The van der Waals surface area contributed by atoms with Crippen molar-refractivity contribution >= 4 is 11.9 Å². The number of carbonyl (C=O) groups excluding carboxylic acids is 1. The molecule has 90 valence electrons. The summed E-state index contributed by atoms with van der Waals surface area (Å²) < 4.78 is 1.64. The van der Waals surface area contributed by atoms with E-state index in [0.29, 0.717) is 5.56 Å². The molecular weight excluding hydrogens is 220 g/mol. The molecule has 0 spiro atoms. The van der Waals surface area contributed by atoms with E-state index in [4.69, 9.17) is 0 Å². The van der Waals surface area contributed by atoms with E-state index in [9.17, 15) is 4.79 Å². The van der Waals surface area contributed by atoms with Crippen molar-refractivity contribution in [3.05, 3.63) is 23.3 Å². The molecular formula is C10H14N6O. The molecule has 0 aromatic carbocycles. The molecule has 0 unspecified atom stereocenters. The van der Waals surface area contributed by atoms with Gasteiger partial charge in [0.15, 0.2) is 0 Å². The first-order valence-corrected chi connectivity index (χ1v) is 5.33. The molecule has 0 saturated carbocycles. The summed E-state index contributed by atoms with van der Waals surface area (Å²) in [5.41, 5.74) is 1.32. The number of aromatic amines is 1. The lowest BCUT2D eigenvalue weighted by Crippen LogP contribution is -2.14. The minimum absolute atomic E-state index is 0.253. The highest BCUT2D eigenvalue weighted by atomic mass is 16.1. The number of anilines is 1. The third-order valence-corrected chi connectivity index (χ3v) is 2.57. The second-order valence-electron chi connectivity index (χ2n) is 3.68. The van der Waals surface area contributed by atoms with Crippen LogP contribution in [-0.2, 0) is 13.5 Å². The molecule has 2 aromatic rings. The van der Waals surface area contributed by atoms with Crippen LogP contribution in [-0.4, -0.2) is 30.9 Å². The van der Waals surface area contributed by atoms with Gasteiger partial charge in [0.1, 0.15) is 5.82 Å². The van der Waals surface area contributed by atoms with E-state index in [-0.39, 0.29) is 11.9 Å². The third kappa shape index (κ3) is 2.17. The molecule has 0 fully saturated rings. The van der Waals surface area contributed by atoms with Crippen LogP contribution in [0.1, 0.15) is 28.8 Å². The Kier molecular flexibility index (Phi) is 2.90. The average Bonchev–Trinajstić information content (AvgIpc) is 2.88. The number of amides is 1. The van der Waals surface area contributed by atoms with Crippen LogP contribution in [0.2, 0.25) is 0 Å². The van der Waals surface area contributed by atoms with Gasteiger partial charge in [-0.3, -0.25) is 19.9 Å². The SMILES string of the molecule is CCc1nc(NC(=O)c2cnn(C)c2C)n[nH]1. The first-order chi connectivity index (χ1) is 8.11. The van der Waals surface area contributed by atoms with Crippen LogP contribution >= 0.6 is 0 Å². The number of rotatable bonds is 3. The first-order valence-electron chi connectivity index (χ1n) is 5.33. The van der Waals surface area contributed by atoms with Crippen LogP contribution in [0.15, 0.2) is 6.20 Å². The zero-order valence-electron chi connectivity index (χ0n) is 9.98. The van der Waals surface area contributed by atoms with Crippen molar-refractivity contribution in [2.24, 2.45) is 7.05 Å². The van der Waals surface area contributed by atoms with Crippen LogP contribution in [0.5, 0.6) is 0 Å². The molecule has 7 nitrogen and oxygen atoms in total. The first kappa shape index (κ1) is 11.3. The Labute approximate surface area is 98.2 Å². The van der Waals surface area contributed by atoms with Gasteiger partial charge in [-0.05, 0) is 6.92 Å². The van der Waals surface area contributed by atoms with Gasteiger partial charge in [-0.2, -0.15) is 10.1 Å². The predicted octanol–water partition coefficient (Wildman–Crippen LogP) is 0.661. The number of nitrogens with zero attached hydrogens (tertiary/aromatic N) is 4.